The zero-order valence-corrected chi connectivity index (χ0v) is 17.5. The van der Waals surface area contributed by atoms with Gasteiger partial charge in [0.05, 0.1) is 39.9 Å². The first-order valence-corrected chi connectivity index (χ1v) is 9.91. The normalized spacial score (nSPS) is 12.1. The molecule has 0 saturated carbocycles. The minimum atomic E-state index is -4.77. The molecule has 0 fully saturated rings. The molecule has 0 aliphatic heterocycles. The number of nitrogens with one attached hydrogen (secondary N) is 2. The minimum Gasteiger partial charge on any atom is -0.397 e. The fourth-order valence-electron chi connectivity index (χ4n) is 3.20. The lowest BCUT2D eigenvalue weighted by Crippen LogP contribution is -2.20. The summed E-state index contributed by atoms with van der Waals surface area (Å²) in [6.45, 7) is 1.89. The predicted octanol–water partition coefficient (Wildman–Crippen LogP) is 5.39. The summed E-state index contributed by atoms with van der Waals surface area (Å²) in [5, 5.41) is 14.2. The van der Waals surface area contributed by atoms with Crippen LogP contribution in [0.2, 0.25) is 0 Å². The lowest BCUT2D eigenvalue weighted by Gasteiger charge is -2.09. The van der Waals surface area contributed by atoms with Gasteiger partial charge in [-0.25, -0.2) is 9.97 Å². The van der Waals surface area contributed by atoms with E-state index in [1.165, 1.54) is 6.07 Å². The SMILES string of the molecule is Cc1cc(-c2cccc(-c3cccc(-c4cccc(/C(N)=C/C(=N)C(F)(F)F)n4)c3)n2)[nH]n1. The van der Waals surface area contributed by atoms with E-state index >= 15 is 0 Å². The summed E-state index contributed by atoms with van der Waals surface area (Å²) >= 11 is 0. The first kappa shape index (κ1) is 21.9. The van der Waals surface area contributed by atoms with Crippen LogP contribution in [-0.2, 0) is 0 Å². The number of aryl methyl sites for hydroxylation is 1. The van der Waals surface area contributed by atoms with Crippen LogP contribution in [0, 0.1) is 12.3 Å². The third-order valence-corrected chi connectivity index (χ3v) is 4.84. The first-order chi connectivity index (χ1) is 15.7. The van der Waals surface area contributed by atoms with Gasteiger partial charge in [0, 0.05) is 11.1 Å². The topological polar surface area (TPSA) is 104 Å². The Balaban J connectivity index is 1.66. The van der Waals surface area contributed by atoms with Crippen LogP contribution in [0.25, 0.3) is 39.6 Å². The minimum absolute atomic E-state index is 0.154. The molecule has 0 radical (unpaired) electrons. The van der Waals surface area contributed by atoms with Crippen molar-refractivity contribution in [3.63, 3.8) is 0 Å². The molecule has 0 spiro atoms. The van der Waals surface area contributed by atoms with E-state index in [9.17, 15) is 13.2 Å². The van der Waals surface area contributed by atoms with Crippen LogP contribution in [0.3, 0.4) is 0 Å². The van der Waals surface area contributed by atoms with Crippen molar-refractivity contribution >= 4 is 11.4 Å². The molecule has 1 aromatic carbocycles. The van der Waals surface area contributed by atoms with Crippen molar-refractivity contribution in [1.82, 2.24) is 20.2 Å². The van der Waals surface area contributed by atoms with Crippen LogP contribution in [0.15, 0.2) is 72.8 Å². The van der Waals surface area contributed by atoms with E-state index in [1.54, 1.807) is 12.1 Å². The number of H-pyrrole nitrogens is 1. The van der Waals surface area contributed by atoms with Crippen molar-refractivity contribution in [2.75, 3.05) is 0 Å². The number of hydrogen-bond donors (Lipinski definition) is 3. The van der Waals surface area contributed by atoms with E-state index in [-0.39, 0.29) is 11.4 Å². The second-order valence-corrected chi connectivity index (χ2v) is 7.33. The number of allylic oxidation sites excluding steroid dienone is 1. The Morgan fingerprint density at radius 3 is 2.15 bits per heavy atom. The molecule has 9 heteroatoms. The average Bonchev–Trinajstić information content (AvgIpc) is 3.25. The Bertz CT molecular complexity index is 1350. The first-order valence-electron chi connectivity index (χ1n) is 9.91. The molecule has 3 aromatic heterocycles. The smallest absolute Gasteiger partial charge is 0.397 e. The van der Waals surface area contributed by atoms with E-state index in [0.717, 1.165) is 33.9 Å². The number of aromatic amines is 1. The molecule has 6 nitrogen and oxygen atoms in total. The fraction of sp³-hybridized carbons (Fsp3) is 0.0833. The van der Waals surface area contributed by atoms with Gasteiger partial charge in [-0.2, -0.15) is 18.3 Å². The van der Waals surface area contributed by atoms with Crippen LogP contribution in [0.1, 0.15) is 11.4 Å². The molecule has 3 heterocycles. The number of pyridine rings is 2. The van der Waals surface area contributed by atoms with Gasteiger partial charge in [-0.15, -0.1) is 0 Å². The van der Waals surface area contributed by atoms with Gasteiger partial charge in [0.2, 0.25) is 0 Å². The number of hydrogen-bond acceptors (Lipinski definition) is 5. The second kappa shape index (κ2) is 8.70. The van der Waals surface area contributed by atoms with Crippen molar-refractivity contribution in [3.8, 4) is 33.9 Å². The highest BCUT2D eigenvalue weighted by molar-refractivity contribution is 6.01. The van der Waals surface area contributed by atoms with E-state index in [1.807, 2.05) is 55.5 Å². The van der Waals surface area contributed by atoms with Crippen molar-refractivity contribution in [2.24, 2.45) is 5.73 Å². The molecule has 0 aliphatic carbocycles. The highest BCUT2D eigenvalue weighted by Crippen LogP contribution is 2.27. The molecule has 33 heavy (non-hydrogen) atoms. The van der Waals surface area contributed by atoms with Gasteiger partial charge in [0.25, 0.3) is 0 Å². The van der Waals surface area contributed by atoms with Crippen molar-refractivity contribution < 1.29 is 13.2 Å². The van der Waals surface area contributed by atoms with Gasteiger partial charge in [0.1, 0.15) is 5.71 Å². The molecule has 0 unspecified atom stereocenters. The van der Waals surface area contributed by atoms with Crippen molar-refractivity contribution in [2.45, 2.75) is 13.1 Å². The summed E-state index contributed by atoms with van der Waals surface area (Å²) in [5.74, 6) is 0. The monoisotopic (exact) mass is 448 g/mol. The molecule has 4 aromatic rings. The third-order valence-electron chi connectivity index (χ3n) is 4.84. The summed E-state index contributed by atoms with van der Waals surface area (Å²) in [7, 11) is 0. The second-order valence-electron chi connectivity index (χ2n) is 7.33. The van der Waals surface area contributed by atoms with Crippen LogP contribution in [0.5, 0.6) is 0 Å². The molecule has 0 saturated heterocycles. The molecule has 0 atom stereocenters. The zero-order valence-electron chi connectivity index (χ0n) is 17.5. The number of aromatic nitrogens is 4. The predicted molar refractivity (Wildman–Crippen MR) is 121 cm³/mol. The van der Waals surface area contributed by atoms with Crippen LogP contribution in [-0.4, -0.2) is 32.1 Å². The summed E-state index contributed by atoms with van der Waals surface area (Å²) in [5.41, 5.74) is 9.46. The molecule has 4 N–H and O–H groups in total. The maximum atomic E-state index is 12.7. The van der Waals surface area contributed by atoms with Gasteiger partial charge in [-0.1, -0.05) is 30.3 Å². The lowest BCUT2D eigenvalue weighted by molar-refractivity contribution is -0.0583. The molecule has 4 rings (SSSR count). The molecule has 0 amide bonds. The van der Waals surface area contributed by atoms with E-state index in [4.69, 9.17) is 16.1 Å². The Hall–Kier alpha value is -4.27. The number of alkyl halides is 3. The molecule has 0 aliphatic rings. The van der Waals surface area contributed by atoms with E-state index in [2.05, 4.69) is 15.2 Å². The van der Waals surface area contributed by atoms with Gasteiger partial charge >= 0.3 is 6.18 Å². The van der Waals surface area contributed by atoms with Gasteiger partial charge in [-0.3, -0.25) is 10.5 Å². The lowest BCUT2D eigenvalue weighted by atomic mass is 10.0. The van der Waals surface area contributed by atoms with Gasteiger partial charge < -0.3 is 5.73 Å². The summed E-state index contributed by atoms with van der Waals surface area (Å²) in [6, 6.07) is 20.0. The van der Waals surface area contributed by atoms with Crippen molar-refractivity contribution in [3.05, 3.63) is 84.2 Å². The summed E-state index contributed by atoms with van der Waals surface area (Å²) in [4.78, 5) is 9.10. The molecular weight excluding hydrogens is 429 g/mol. The maximum Gasteiger partial charge on any atom is 0.432 e. The number of benzene rings is 1. The van der Waals surface area contributed by atoms with Crippen LogP contribution >= 0.6 is 0 Å². The van der Waals surface area contributed by atoms with Gasteiger partial charge in [0.15, 0.2) is 0 Å². The molecule has 166 valence electrons. The quantitative estimate of drug-likeness (QED) is 0.356. The Morgan fingerprint density at radius 1 is 0.909 bits per heavy atom. The van der Waals surface area contributed by atoms with Crippen LogP contribution in [0.4, 0.5) is 13.2 Å². The fourth-order valence-corrected chi connectivity index (χ4v) is 3.20. The third kappa shape index (κ3) is 4.98. The Morgan fingerprint density at radius 2 is 1.52 bits per heavy atom. The standard InChI is InChI=1S/C24H19F3N6/c1-14-11-22(33-32-14)21-10-4-8-19(31-21)16-6-2-5-15(12-16)18-7-3-9-20(30-18)17(28)13-23(29)24(25,26)27/h2-13,29H,28H2,1H3,(H,32,33)/b17-13-,29-23?. The number of nitrogens with two attached hydrogens (primary N) is 1. The molecule has 0 bridgehead atoms. The summed E-state index contributed by atoms with van der Waals surface area (Å²) < 4.78 is 38.0. The highest BCUT2D eigenvalue weighted by Gasteiger charge is 2.32. The largest absolute Gasteiger partial charge is 0.432 e. The van der Waals surface area contributed by atoms with Gasteiger partial charge in [-0.05, 0) is 49.4 Å². The summed E-state index contributed by atoms with van der Waals surface area (Å²) in [6.07, 6.45) is -4.21. The maximum absolute atomic E-state index is 12.7. The number of rotatable bonds is 5. The van der Waals surface area contributed by atoms with Crippen molar-refractivity contribution in [1.29, 1.82) is 5.41 Å². The Kier molecular flexibility index (Phi) is 5.78. The number of nitrogens with zero attached hydrogens (tertiary/aromatic N) is 3. The highest BCUT2D eigenvalue weighted by atomic mass is 19.4. The average molecular weight is 448 g/mol. The zero-order chi connectivity index (χ0) is 23.6. The Labute approximate surface area is 187 Å². The number of halogens is 3. The molecular formula is C24H19F3N6. The van der Waals surface area contributed by atoms with E-state index in [0.29, 0.717) is 11.8 Å². The van der Waals surface area contributed by atoms with E-state index < -0.39 is 11.9 Å². The van der Waals surface area contributed by atoms with Crippen LogP contribution < -0.4 is 5.73 Å².